The Kier molecular flexibility index (Phi) is 6.57. The van der Waals surface area contributed by atoms with Crippen LogP contribution in [-0.4, -0.2) is 41.6 Å². The molecule has 4 atom stereocenters. The number of amides is 3. The third-order valence-electron chi connectivity index (χ3n) is 5.96. The zero-order valence-electron chi connectivity index (χ0n) is 17.5. The van der Waals surface area contributed by atoms with Crippen LogP contribution in [0, 0.1) is 11.8 Å². The van der Waals surface area contributed by atoms with Gasteiger partial charge in [0.2, 0.25) is 11.8 Å². The van der Waals surface area contributed by atoms with Crippen LogP contribution in [0.15, 0.2) is 42.5 Å². The summed E-state index contributed by atoms with van der Waals surface area (Å²) in [7, 11) is 3.04. The van der Waals surface area contributed by atoms with Crippen molar-refractivity contribution in [2.45, 2.75) is 22.5 Å². The highest BCUT2D eigenvalue weighted by molar-refractivity contribution is 9.12. The van der Waals surface area contributed by atoms with E-state index in [4.69, 9.17) is 9.47 Å². The highest BCUT2D eigenvalue weighted by Gasteiger charge is 2.52. The average Bonchev–Trinajstić information content (AvgIpc) is 3.03. The van der Waals surface area contributed by atoms with Gasteiger partial charge in [-0.2, -0.15) is 0 Å². The maximum atomic E-state index is 13.2. The SMILES string of the molecule is COc1ccc(NC(=O)c2ccccc2N2C(=O)[C@H]3C[C@@H](Br)[C@@H](Br)C[C@H]3C2=O)c(OC)c1. The zero-order valence-corrected chi connectivity index (χ0v) is 20.7. The van der Waals surface area contributed by atoms with Crippen molar-refractivity contribution in [1.29, 1.82) is 0 Å². The van der Waals surface area contributed by atoms with E-state index in [9.17, 15) is 14.4 Å². The Morgan fingerprint density at radius 3 is 2.19 bits per heavy atom. The molecule has 3 amide bonds. The fraction of sp³-hybridized carbons (Fsp3) is 0.348. The maximum absolute atomic E-state index is 13.2. The number of fused-ring (bicyclic) bond motifs is 1. The molecule has 2 fully saturated rings. The molecule has 1 aliphatic heterocycles. The van der Waals surface area contributed by atoms with E-state index in [0.717, 1.165) is 0 Å². The minimum atomic E-state index is -0.448. The molecule has 4 rings (SSSR count). The second kappa shape index (κ2) is 9.23. The lowest BCUT2D eigenvalue weighted by atomic mass is 9.81. The molecular weight excluding hydrogens is 544 g/mol. The van der Waals surface area contributed by atoms with Gasteiger partial charge in [0.25, 0.3) is 5.91 Å². The first-order valence-corrected chi connectivity index (χ1v) is 12.0. The van der Waals surface area contributed by atoms with Crippen LogP contribution >= 0.6 is 31.9 Å². The number of methoxy groups -OCH3 is 2. The number of halogens is 2. The molecule has 7 nitrogen and oxygen atoms in total. The number of carbonyl (C=O) groups is 3. The summed E-state index contributed by atoms with van der Waals surface area (Å²) in [6.45, 7) is 0. The Morgan fingerprint density at radius 1 is 0.969 bits per heavy atom. The topological polar surface area (TPSA) is 84.9 Å². The number of hydrogen-bond donors (Lipinski definition) is 1. The molecule has 9 heteroatoms. The van der Waals surface area contributed by atoms with Gasteiger partial charge in [-0.1, -0.05) is 44.0 Å². The van der Waals surface area contributed by atoms with Crippen molar-refractivity contribution >= 4 is 61.0 Å². The monoisotopic (exact) mass is 564 g/mol. The van der Waals surface area contributed by atoms with Crippen molar-refractivity contribution in [3.05, 3.63) is 48.0 Å². The summed E-state index contributed by atoms with van der Waals surface area (Å²) in [6.07, 6.45) is 1.14. The smallest absolute Gasteiger partial charge is 0.257 e. The number of ether oxygens (including phenoxy) is 2. The number of rotatable bonds is 5. The van der Waals surface area contributed by atoms with Crippen LogP contribution in [0.1, 0.15) is 23.2 Å². The van der Waals surface area contributed by atoms with Gasteiger partial charge in [-0.3, -0.25) is 14.4 Å². The van der Waals surface area contributed by atoms with Crippen LogP contribution in [0.2, 0.25) is 0 Å². The highest BCUT2D eigenvalue weighted by atomic mass is 79.9. The van der Waals surface area contributed by atoms with Gasteiger partial charge in [0, 0.05) is 15.7 Å². The van der Waals surface area contributed by atoms with E-state index in [0.29, 0.717) is 35.7 Å². The van der Waals surface area contributed by atoms with Crippen LogP contribution in [-0.2, 0) is 9.59 Å². The second-order valence-electron chi connectivity index (χ2n) is 7.77. The molecule has 2 aliphatic rings. The fourth-order valence-corrected chi connectivity index (χ4v) is 5.52. The average molecular weight is 566 g/mol. The summed E-state index contributed by atoms with van der Waals surface area (Å²) >= 11 is 7.20. The molecule has 0 aromatic heterocycles. The molecule has 32 heavy (non-hydrogen) atoms. The number of nitrogens with one attached hydrogen (secondary N) is 1. The number of nitrogens with zero attached hydrogens (tertiary/aromatic N) is 1. The molecule has 0 unspecified atom stereocenters. The van der Waals surface area contributed by atoms with Crippen molar-refractivity contribution in [2.24, 2.45) is 11.8 Å². The van der Waals surface area contributed by atoms with Gasteiger partial charge >= 0.3 is 0 Å². The molecule has 1 saturated heterocycles. The number of para-hydroxylation sites is 1. The van der Waals surface area contributed by atoms with Crippen molar-refractivity contribution in [3.63, 3.8) is 0 Å². The molecule has 2 aromatic carbocycles. The lowest BCUT2D eigenvalue weighted by Gasteiger charge is -2.29. The summed E-state index contributed by atoms with van der Waals surface area (Å²) in [5, 5.41) is 2.82. The molecule has 1 heterocycles. The molecular formula is C23H22Br2N2O5. The van der Waals surface area contributed by atoms with Gasteiger partial charge in [0.15, 0.2) is 0 Å². The van der Waals surface area contributed by atoms with Crippen LogP contribution in [0.25, 0.3) is 0 Å². The van der Waals surface area contributed by atoms with Gasteiger partial charge in [-0.05, 0) is 37.1 Å². The minimum Gasteiger partial charge on any atom is -0.497 e. The number of carbonyl (C=O) groups excluding carboxylic acids is 3. The predicted octanol–water partition coefficient (Wildman–Crippen LogP) is 4.38. The standard InChI is InChI=1S/C23H22Br2N2O5/c1-31-12-7-8-18(20(9-12)32-2)26-21(28)13-5-3-4-6-19(13)27-22(29)14-10-16(24)17(25)11-15(14)23(27)30/h3-9,14-17H,10-11H2,1-2H3,(H,26,28)/t14-,15+,16+,17-. The van der Waals surface area contributed by atoms with Crippen molar-refractivity contribution in [1.82, 2.24) is 0 Å². The molecule has 0 spiro atoms. The first-order valence-electron chi connectivity index (χ1n) is 10.1. The zero-order chi connectivity index (χ0) is 23.0. The number of hydrogen-bond acceptors (Lipinski definition) is 5. The third kappa shape index (κ3) is 4.03. The largest absolute Gasteiger partial charge is 0.497 e. The van der Waals surface area contributed by atoms with E-state index in [1.807, 2.05) is 0 Å². The molecule has 1 N–H and O–H groups in total. The Morgan fingerprint density at radius 2 is 1.59 bits per heavy atom. The summed E-state index contributed by atoms with van der Waals surface area (Å²) in [6, 6.07) is 11.7. The lowest BCUT2D eigenvalue weighted by molar-refractivity contribution is -0.122. The first kappa shape index (κ1) is 22.8. The van der Waals surface area contributed by atoms with E-state index in [-0.39, 0.29) is 27.0 Å². The summed E-state index contributed by atoms with van der Waals surface area (Å²) in [4.78, 5) is 41.0. The van der Waals surface area contributed by atoms with E-state index in [1.165, 1.54) is 12.0 Å². The molecule has 0 radical (unpaired) electrons. The lowest BCUT2D eigenvalue weighted by Crippen LogP contribution is -2.34. The van der Waals surface area contributed by atoms with Gasteiger partial charge in [-0.15, -0.1) is 0 Å². The van der Waals surface area contributed by atoms with Crippen molar-refractivity contribution in [2.75, 3.05) is 24.4 Å². The quantitative estimate of drug-likeness (QED) is 0.429. The van der Waals surface area contributed by atoms with Crippen LogP contribution < -0.4 is 19.7 Å². The van der Waals surface area contributed by atoms with Gasteiger partial charge in [-0.25, -0.2) is 4.90 Å². The van der Waals surface area contributed by atoms with Gasteiger partial charge in [0.05, 0.1) is 43.0 Å². The number of imide groups is 1. The van der Waals surface area contributed by atoms with Crippen molar-refractivity contribution < 1.29 is 23.9 Å². The van der Waals surface area contributed by atoms with Gasteiger partial charge in [0.1, 0.15) is 11.5 Å². The van der Waals surface area contributed by atoms with E-state index in [1.54, 1.807) is 49.6 Å². The summed E-state index contributed by atoms with van der Waals surface area (Å²) in [5.74, 6) is -0.724. The predicted molar refractivity (Wildman–Crippen MR) is 128 cm³/mol. The normalized spacial score (nSPS) is 24.8. The molecule has 2 aromatic rings. The Hall–Kier alpha value is -2.39. The van der Waals surface area contributed by atoms with Crippen molar-refractivity contribution in [3.8, 4) is 11.5 Å². The van der Waals surface area contributed by atoms with E-state index >= 15 is 0 Å². The Labute approximate surface area is 202 Å². The van der Waals surface area contributed by atoms with Crippen LogP contribution in [0.4, 0.5) is 11.4 Å². The maximum Gasteiger partial charge on any atom is 0.257 e. The number of anilines is 2. The number of alkyl halides is 2. The summed E-state index contributed by atoms with van der Waals surface area (Å²) in [5.41, 5.74) is 0.973. The molecule has 0 bridgehead atoms. The molecule has 168 valence electrons. The molecule has 1 aliphatic carbocycles. The fourth-order valence-electron chi connectivity index (χ4n) is 4.28. The van der Waals surface area contributed by atoms with Crippen LogP contribution in [0.3, 0.4) is 0 Å². The summed E-state index contributed by atoms with van der Waals surface area (Å²) < 4.78 is 10.5. The molecule has 1 saturated carbocycles. The number of benzene rings is 2. The van der Waals surface area contributed by atoms with E-state index < -0.39 is 17.7 Å². The highest BCUT2D eigenvalue weighted by Crippen LogP contribution is 2.45. The third-order valence-corrected chi connectivity index (χ3v) is 8.69. The second-order valence-corrected chi connectivity index (χ2v) is 10.1. The van der Waals surface area contributed by atoms with Gasteiger partial charge < -0.3 is 14.8 Å². The minimum absolute atomic E-state index is 0.113. The Bertz CT molecular complexity index is 1050. The Balaban J connectivity index is 1.65. The first-order chi connectivity index (χ1) is 15.3. The van der Waals surface area contributed by atoms with Crippen LogP contribution in [0.5, 0.6) is 11.5 Å². The van der Waals surface area contributed by atoms with E-state index in [2.05, 4.69) is 37.2 Å².